The summed E-state index contributed by atoms with van der Waals surface area (Å²) in [5.41, 5.74) is 2.93. The zero-order valence-corrected chi connectivity index (χ0v) is 15.6. The van der Waals surface area contributed by atoms with Crippen molar-refractivity contribution in [3.63, 3.8) is 0 Å². The highest BCUT2D eigenvalue weighted by molar-refractivity contribution is 5.91. The number of fused-ring (bicyclic) bond motifs is 1. The molecule has 0 saturated carbocycles. The van der Waals surface area contributed by atoms with Gasteiger partial charge in [-0.05, 0) is 48.6 Å². The molecule has 1 aromatic heterocycles. The fourth-order valence-corrected chi connectivity index (χ4v) is 2.93. The van der Waals surface area contributed by atoms with Crippen LogP contribution in [0.2, 0.25) is 0 Å². The first-order valence-electron chi connectivity index (χ1n) is 8.64. The van der Waals surface area contributed by atoms with E-state index in [-0.39, 0.29) is 17.9 Å². The maximum atomic E-state index is 12.3. The molecule has 0 radical (unpaired) electrons. The van der Waals surface area contributed by atoms with Gasteiger partial charge in [-0.15, -0.1) is 0 Å². The number of rotatable bonds is 6. The van der Waals surface area contributed by atoms with Gasteiger partial charge in [0.25, 0.3) is 5.56 Å². The molecule has 0 aliphatic rings. The maximum absolute atomic E-state index is 12.3. The summed E-state index contributed by atoms with van der Waals surface area (Å²) >= 11 is 0. The van der Waals surface area contributed by atoms with Gasteiger partial charge in [0.2, 0.25) is 5.91 Å². The number of nitrogens with one attached hydrogen (secondary N) is 2. The first-order valence-corrected chi connectivity index (χ1v) is 8.64. The van der Waals surface area contributed by atoms with Gasteiger partial charge in [0, 0.05) is 29.3 Å². The number of H-pyrrole nitrogens is 1. The van der Waals surface area contributed by atoms with Gasteiger partial charge in [-0.2, -0.15) is 0 Å². The molecule has 0 atom stereocenters. The molecule has 2 aromatic carbocycles. The standard InChI is InChI=1S/C21H22N2O4/c1-13-4-5-14-11-15(21(25)23-17(14)10-13)6-9-20(24)22-16-7-8-18(26-2)19(12-16)27-3/h4-5,7-8,10-12H,6,9H2,1-3H3,(H,22,24)(H,23,25). The average Bonchev–Trinajstić information content (AvgIpc) is 2.66. The second-order valence-corrected chi connectivity index (χ2v) is 6.33. The molecule has 2 N–H and O–H groups in total. The van der Waals surface area contributed by atoms with Crippen molar-refractivity contribution in [3.05, 3.63) is 63.9 Å². The lowest BCUT2D eigenvalue weighted by Crippen LogP contribution is -2.17. The van der Waals surface area contributed by atoms with E-state index in [0.717, 1.165) is 16.5 Å². The first-order chi connectivity index (χ1) is 13.0. The van der Waals surface area contributed by atoms with Crippen LogP contribution in [0.3, 0.4) is 0 Å². The molecule has 140 valence electrons. The molecule has 0 spiro atoms. The Morgan fingerprint density at radius 3 is 2.56 bits per heavy atom. The number of aryl methyl sites for hydroxylation is 2. The molecule has 1 amide bonds. The Kier molecular flexibility index (Phi) is 5.45. The third kappa shape index (κ3) is 4.28. The predicted octanol–water partition coefficient (Wildman–Crippen LogP) is 3.43. The zero-order chi connectivity index (χ0) is 19.4. The Labute approximate surface area is 157 Å². The Morgan fingerprint density at radius 1 is 1.04 bits per heavy atom. The van der Waals surface area contributed by atoms with E-state index in [0.29, 0.717) is 29.2 Å². The molecule has 0 aliphatic heterocycles. The Morgan fingerprint density at radius 2 is 1.81 bits per heavy atom. The monoisotopic (exact) mass is 366 g/mol. The SMILES string of the molecule is COc1ccc(NC(=O)CCc2cc3ccc(C)cc3[nH]c2=O)cc1OC. The van der Waals surface area contributed by atoms with E-state index < -0.39 is 0 Å². The Hall–Kier alpha value is -3.28. The minimum Gasteiger partial charge on any atom is -0.493 e. The van der Waals surface area contributed by atoms with E-state index in [4.69, 9.17) is 9.47 Å². The number of hydrogen-bond acceptors (Lipinski definition) is 4. The van der Waals surface area contributed by atoms with E-state index in [1.807, 2.05) is 31.2 Å². The Balaban J connectivity index is 1.69. The summed E-state index contributed by atoms with van der Waals surface area (Å²) in [6.45, 7) is 1.98. The summed E-state index contributed by atoms with van der Waals surface area (Å²) in [7, 11) is 3.09. The number of ether oxygens (including phenoxy) is 2. The fraction of sp³-hybridized carbons (Fsp3) is 0.238. The zero-order valence-electron chi connectivity index (χ0n) is 15.6. The third-order valence-corrected chi connectivity index (χ3v) is 4.37. The van der Waals surface area contributed by atoms with Crippen LogP contribution in [-0.4, -0.2) is 25.1 Å². The normalized spacial score (nSPS) is 10.6. The van der Waals surface area contributed by atoms with Crippen molar-refractivity contribution in [2.75, 3.05) is 19.5 Å². The van der Waals surface area contributed by atoms with E-state index >= 15 is 0 Å². The second-order valence-electron chi connectivity index (χ2n) is 6.33. The van der Waals surface area contributed by atoms with Crippen LogP contribution >= 0.6 is 0 Å². The molecule has 0 fully saturated rings. The molecule has 0 aliphatic carbocycles. The number of anilines is 1. The van der Waals surface area contributed by atoms with Crippen LogP contribution < -0.4 is 20.3 Å². The van der Waals surface area contributed by atoms with Gasteiger partial charge in [-0.3, -0.25) is 9.59 Å². The molecule has 0 unspecified atom stereocenters. The summed E-state index contributed by atoms with van der Waals surface area (Å²) in [4.78, 5) is 27.4. The highest BCUT2D eigenvalue weighted by atomic mass is 16.5. The van der Waals surface area contributed by atoms with Gasteiger partial charge in [0.05, 0.1) is 14.2 Å². The first kappa shape index (κ1) is 18.5. The molecule has 6 heteroatoms. The van der Waals surface area contributed by atoms with Gasteiger partial charge in [-0.1, -0.05) is 12.1 Å². The van der Waals surface area contributed by atoms with Crippen molar-refractivity contribution in [1.29, 1.82) is 0 Å². The second kappa shape index (κ2) is 7.95. The van der Waals surface area contributed by atoms with Gasteiger partial charge < -0.3 is 19.8 Å². The van der Waals surface area contributed by atoms with Crippen molar-refractivity contribution in [2.45, 2.75) is 19.8 Å². The number of hydrogen-bond donors (Lipinski definition) is 2. The van der Waals surface area contributed by atoms with Crippen LogP contribution in [0.4, 0.5) is 5.69 Å². The molecular formula is C21H22N2O4. The van der Waals surface area contributed by atoms with Gasteiger partial charge >= 0.3 is 0 Å². The van der Waals surface area contributed by atoms with Crippen molar-refractivity contribution in [2.24, 2.45) is 0 Å². The molecule has 3 rings (SSSR count). The lowest BCUT2D eigenvalue weighted by Gasteiger charge is -2.10. The van der Waals surface area contributed by atoms with Crippen LogP contribution in [0, 0.1) is 6.92 Å². The minimum atomic E-state index is -0.175. The summed E-state index contributed by atoms with van der Waals surface area (Å²) in [5, 5.41) is 3.77. The van der Waals surface area contributed by atoms with Crippen LogP contribution in [0.1, 0.15) is 17.5 Å². The van der Waals surface area contributed by atoms with E-state index in [1.54, 1.807) is 25.3 Å². The van der Waals surface area contributed by atoms with Crippen LogP contribution in [0.5, 0.6) is 11.5 Å². The third-order valence-electron chi connectivity index (χ3n) is 4.37. The smallest absolute Gasteiger partial charge is 0.251 e. The van der Waals surface area contributed by atoms with E-state index in [1.165, 1.54) is 7.11 Å². The number of carbonyl (C=O) groups is 1. The minimum absolute atomic E-state index is 0.160. The summed E-state index contributed by atoms with van der Waals surface area (Å²) < 4.78 is 10.4. The van der Waals surface area contributed by atoms with Gasteiger partial charge in [-0.25, -0.2) is 0 Å². The number of aromatic nitrogens is 1. The summed E-state index contributed by atoms with van der Waals surface area (Å²) in [6.07, 6.45) is 0.563. The van der Waals surface area contributed by atoms with E-state index in [2.05, 4.69) is 10.3 Å². The van der Waals surface area contributed by atoms with E-state index in [9.17, 15) is 9.59 Å². The highest BCUT2D eigenvalue weighted by Crippen LogP contribution is 2.29. The highest BCUT2D eigenvalue weighted by Gasteiger charge is 2.10. The molecule has 6 nitrogen and oxygen atoms in total. The largest absolute Gasteiger partial charge is 0.493 e. The molecule has 1 heterocycles. The average molecular weight is 366 g/mol. The fourth-order valence-electron chi connectivity index (χ4n) is 2.93. The molecule has 0 bridgehead atoms. The van der Waals surface area contributed by atoms with Crippen molar-refractivity contribution in [1.82, 2.24) is 4.98 Å². The predicted molar refractivity (Wildman–Crippen MR) is 106 cm³/mol. The van der Waals surface area contributed by atoms with Crippen molar-refractivity contribution < 1.29 is 14.3 Å². The number of methoxy groups -OCH3 is 2. The quantitative estimate of drug-likeness (QED) is 0.700. The van der Waals surface area contributed by atoms with Crippen LogP contribution in [0.15, 0.2) is 47.3 Å². The van der Waals surface area contributed by atoms with Gasteiger partial charge in [0.15, 0.2) is 11.5 Å². The number of aromatic amines is 1. The molecule has 3 aromatic rings. The number of amides is 1. The molecule has 27 heavy (non-hydrogen) atoms. The van der Waals surface area contributed by atoms with Gasteiger partial charge in [0.1, 0.15) is 0 Å². The molecular weight excluding hydrogens is 344 g/mol. The van der Waals surface area contributed by atoms with Crippen molar-refractivity contribution in [3.8, 4) is 11.5 Å². The van der Waals surface area contributed by atoms with Crippen LogP contribution in [-0.2, 0) is 11.2 Å². The Bertz CT molecular complexity index is 1040. The van der Waals surface area contributed by atoms with Crippen LogP contribution in [0.25, 0.3) is 10.9 Å². The lowest BCUT2D eigenvalue weighted by molar-refractivity contribution is -0.116. The van der Waals surface area contributed by atoms with Crippen molar-refractivity contribution >= 4 is 22.5 Å². The lowest BCUT2D eigenvalue weighted by atomic mass is 10.1. The maximum Gasteiger partial charge on any atom is 0.251 e. The summed E-state index contributed by atoms with van der Waals surface area (Å²) in [6, 6.07) is 12.9. The number of benzene rings is 2. The molecule has 0 saturated heterocycles. The number of carbonyl (C=O) groups excluding carboxylic acids is 1. The summed E-state index contributed by atoms with van der Waals surface area (Å²) in [5.74, 6) is 0.954. The number of pyridine rings is 1. The topological polar surface area (TPSA) is 80.4 Å².